The first-order valence-corrected chi connectivity index (χ1v) is 8.09. The van der Waals surface area contributed by atoms with Crippen LogP contribution in [-0.2, 0) is 0 Å². The van der Waals surface area contributed by atoms with Crippen molar-refractivity contribution in [3.8, 4) is 5.69 Å². The number of tetrazole rings is 1. The third kappa shape index (κ3) is 2.90. The fraction of sp³-hybridized carbons (Fsp3) is 0.176. The molecule has 2 N–H and O–H groups in total. The van der Waals surface area contributed by atoms with E-state index in [1.165, 1.54) is 6.20 Å². The van der Waals surface area contributed by atoms with E-state index in [2.05, 4.69) is 35.8 Å². The summed E-state index contributed by atoms with van der Waals surface area (Å²) in [6.45, 7) is 3.67. The zero-order valence-electron chi connectivity index (χ0n) is 14.2. The summed E-state index contributed by atoms with van der Waals surface area (Å²) in [5.74, 6) is 1.03. The summed E-state index contributed by atoms with van der Waals surface area (Å²) in [5, 5.41) is 14.7. The maximum absolute atomic E-state index is 12.6. The van der Waals surface area contributed by atoms with E-state index in [9.17, 15) is 4.79 Å². The lowest BCUT2D eigenvalue weighted by Gasteiger charge is -2.13. The van der Waals surface area contributed by atoms with Crippen molar-refractivity contribution in [1.29, 1.82) is 0 Å². The predicted octanol–water partition coefficient (Wildman–Crippen LogP) is 1.73. The van der Waals surface area contributed by atoms with Crippen molar-refractivity contribution in [3.05, 3.63) is 59.8 Å². The number of aromatic nitrogens is 7. The molecule has 1 atom stereocenters. The molecule has 0 fully saturated rings. The van der Waals surface area contributed by atoms with Gasteiger partial charge in [0.1, 0.15) is 5.82 Å². The largest absolute Gasteiger partial charge is 0.342 e. The number of aromatic amines is 1. The van der Waals surface area contributed by atoms with E-state index in [-0.39, 0.29) is 5.91 Å². The average molecular weight is 348 g/mol. The molecule has 0 aliphatic rings. The Balaban J connectivity index is 1.57. The molecule has 0 unspecified atom stereocenters. The van der Waals surface area contributed by atoms with Crippen LogP contribution in [0.15, 0.2) is 42.6 Å². The number of hydrogen-bond donors (Lipinski definition) is 2. The highest BCUT2D eigenvalue weighted by Crippen LogP contribution is 2.15. The third-order valence-electron chi connectivity index (χ3n) is 3.95. The van der Waals surface area contributed by atoms with Gasteiger partial charge >= 0.3 is 0 Å². The standard InChI is InChI=1S/C17H16N8O/c1-10(16-22-23-24-25(16)13-6-4-3-5-7-13)19-17(26)12-8-14-15(18-9-12)21-11(2)20-14/h3-10H,1-2H3,(H,19,26)(H,18,20,21)/t10-/m1/s1. The van der Waals surface area contributed by atoms with E-state index >= 15 is 0 Å². The molecule has 0 aliphatic carbocycles. The van der Waals surface area contributed by atoms with E-state index in [1.807, 2.05) is 44.2 Å². The average Bonchev–Trinajstić information content (AvgIpc) is 3.27. The van der Waals surface area contributed by atoms with E-state index in [4.69, 9.17) is 0 Å². The molecular formula is C17H16N8O. The van der Waals surface area contributed by atoms with E-state index in [0.29, 0.717) is 17.0 Å². The van der Waals surface area contributed by atoms with Gasteiger partial charge in [-0.1, -0.05) is 18.2 Å². The van der Waals surface area contributed by atoms with Gasteiger partial charge in [0.05, 0.1) is 22.8 Å². The molecule has 0 bridgehead atoms. The number of para-hydroxylation sites is 1. The molecule has 4 rings (SSSR count). The van der Waals surface area contributed by atoms with Gasteiger partial charge in [-0.3, -0.25) is 4.79 Å². The highest BCUT2D eigenvalue weighted by Gasteiger charge is 2.19. The zero-order valence-corrected chi connectivity index (χ0v) is 14.2. The van der Waals surface area contributed by atoms with Crippen molar-refractivity contribution in [3.63, 3.8) is 0 Å². The molecule has 0 aliphatic heterocycles. The van der Waals surface area contributed by atoms with Crippen molar-refractivity contribution >= 4 is 17.1 Å². The SMILES string of the molecule is Cc1nc2ncc(C(=O)N[C@H](C)c3nnnn3-c3ccccc3)cc2[nH]1. The number of amides is 1. The minimum Gasteiger partial charge on any atom is -0.342 e. The van der Waals surface area contributed by atoms with Crippen LogP contribution in [0.2, 0.25) is 0 Å². The first-order chi connectivity index (χ1) is 12.6. The molecule has 9 nitrogen and oxygen atoms in total. The number of H-pyrrole nitrogens is 1. The van der Waals surface area contributed by atoms with Crippen LogP contribution in [0.1, 0.15) is 35.0 Å². The van der Waals surface area contributed by atoms with Gasteiger partial charge in [-0.25, -0.2) is 9.97 Å². The van der Waals surface area contributed by atoms with Gasteiger partial charge in [-0.2, -0.15) is 4.68 Å². The molecule has 3 heterocycles. The van der Waals surface area contributed by atoms with Gasteiger partial charge in [-0.05, 0) is 42.5 Å². The Morgan fingerprint density at radius 1 is 1.27 bits per heavy atom. The Bertz CT molecular complexity index is 1070. The Morgan fingerprint density at radius 3 is 2.88 bits per heavy atom. The molecule has 130 valence electrons. The van der Waals surface area contributed by atoms with Crippen LogP contribution in [0.5, 0.6) is 0 Å². The van der Waals surface area contributed by atoms with Crippen molar-refractivity contribution < 1.29 is 4.79 Å². The fourth-order valence-electron chi connectivity index (χ4n) is 2.71. The number of nitrogens with one attached hydrogen (secondary N) is 2. The lowest BCUT2D eigenvalue weighted by Crippen LogP contribution is -2.28. The van der Waals surface area contributed by atoms with Crippen LogP contribution >= 0.6 is 0 Å². The molecule has 3 aromatic heterocycles. The Morgan fingerprint density at radius 2 is 2.08 bits per heavy atom. The van der Waals surface area contributed by atoms with Crippen LogP contribution in [0.25, 0.3) is 16.9 Å². The highest BCUT2D eigenvalue weighted by atomic mass is 16.1. The summed E-state index contributed by atoms with van der Waals surface area (Å²) in [7, 11) is 0. The molecule has 0 spiro atoms. The maximum Gasteiger partial charge on any atom is 0.253 e. The normalized spacial score (nSPS) is 12.2. The Labute approximate surface area is 148 Å². The number of carbonyl (C=O) groups excluding carboxylic acids is 1. The van der Waals surface area contributed by atoms with Crippen LogP contribution < -0.4 is 5.32 Å². The predicted molar refractivity (Wildman–Crippen MR) is 93.7 cm³/mol. The second kappa shape index (κ2) is 6.36. The van der Waals surface area contributed by atoms with Crippen molar-refractivity contribution in [1.82, 2.24) is 40.5 Å². The lowest BCUT2D eigenvalue weighted by molar-refractivity contribution is 0.0937. The van der Waals surface area contributed by atoms with Gasteiger partial charge in [0, 0.05) is 6.20 Å². The minimum atomic E-state index is -0.392. The molecule has 4 aromatic rings. The number of aryl methyl sites for hydroxylation is 1. The monoisotopic (exact) mass is 348 g/mol. The third-order valence-corrected chi connectivity index (χ3v) is 3.95. The highest BCUT2D eigenvalue weighted by molar-refractivity contribution is 5.96. The van der Waals surface area contributed by atoms with E-state index in [1.54, 1.807) is 10.7 Å². The Hall–Kier alpha value is -3.62. The maximum atomic E-state index is 12.6. The number of fused-ring (bicyclic) bond motifs is 1. The second-order valence-corrected chi connectivity index (χ2v) is 5.90. The van der Waals surface area contributed by atoms with Gasteiger partial charge in [0.25, 0.3) is 5.91 Å². The summed E-state index contributed by atoms with van der Waals surface area (Å²) in [5.41, 5.74) is 2.56. The smallest absolute Gasteiger partial charge is 0.253 e. The number of benzene rings is 1. The number of rotatable bonds is 4. The number of pyridine rings is 1. The summed E-state index contributed by atoms with van der Waals surface area (Å²) < 4.78 is 1.60. The topological polar surface area (TPSA) is 114 Å². The summed E-state index contributed by atoms with van der Waals surface area (Å²) >= 11 is 0. The lowest BCUT2D eigenvalue weighted by atomic mass is 10.2. The molecule has 0 radical (unpaired) electrons. The molecule has 1 amide bonds. The first kappa shape index (κ1) is 15.9. The molecule has 1 aromatic carbocycles. The van der Waals surface area contributed by atoms with Crippen molar-refractivity contribution in [2.45, 2.75) is 19.9 Å². The number of nitrogens with zero attached hydrogens (tertiary/aromatic N) is 6. The van der Waals surface area contributed by atoms with Crippen LogP contribution in [0.4, 0.5) is 0 Å². The minimum absolute atomic E-state index is 0.262. The number of imidazole rings is 1. The second-order valence-electron chi connectivity index (χ2n) is 5.90. The number of hydrogen-bond acceptors (Lipinski definition) is 6. The van der Waals surface area contributed by atoms with Crippen molar-refractivity contribution in [2.24, 2.45) is 0 Å². The summed E-state index contributed by atoms with van der Waals surface area (Å²) in [4.78, 5) is 24.1. The molecule has 26 heavy (non-hydrogen) atoms. The van der Waals surface area contributed by atoms with Crippen LogP contribution in [0, 0.1) is 6.92 Å². The molecule has 0 saturated carbocycles. The van der Waals surface area contributed by atoms with Crippen molar-refractivity contribution in [2.75, 3.05) is 0 Å². The molecule has 9 heteroatoms. The van der Waals surface area contributed by atoms with Gasteiger partial charge in [0.15, 0.2) is 11.5 Å². The van der Waals surface area contributed by atoms with Crippen LogP contribution in [-0.4, -0.2) is 41.1 Å². The fourth-order valence-corrected chi connectivity index (χ4v) is 2.71. The summed E-state index contributed by atoms with van der Waals surface area (Å²) in [6.07, 6.45) is 1.50. The van der Waals surface area contributed by atoms with Gasteiger partial charge < -0.3 is 10.3 Å². The van der Waals surface area contributed by atoms with Crippen LogP contribution in [0.3, 0.4) is 0 Å². The first-order valence-electron chi connectivity index (χ1n) is 8.09. The summed E-state index contributed by atoms with van der Waals surface area (Å²) in [6, 6.07) is 10.8. The molecular weight excluding hydrogens is 332 g/mol. The van der Waals surface area contributed by atoms with E-state index < -0.39 is 6.04 Å². The van der Waals surface area contributed by atoms with Gasteiger partial charge in [-0.15, -0.1) is 5.10 Å². The number of carbonyl (C=O) groups is 1. The Kier molecular flexibility index (Phi) is 3.88. The zero-order chi connectivity index (χ0) is 18.1. The van der Waals surface area contributed by atoms with Gasteiger partial charge in [0.2, 0.25) is 0 Å². The quantitative estimate of drug-likeness (QED) is 0.580. The molecule has 0 saturated heterocycles. The van der Waals surface area contributed by atoms with E-state index in [0.717, 1.165) is 17.0 Å².